The quantitative estimate of drug-likeness (QED) is 0.579. The average Bonchev–Trinajstić information content (AvgIpc) is 2.64. The molecule has 3 aromatic carbocycles. The van der Waals surface area contributed by atoms with Crippen molar-refractivity contribution in [2.45, 2.75) is 33.9 Å². The van der Waals surface area contributed by atoms with Gasteiger partial charge < -0.3 is 4.90 Å². The molecule has 0 aliphatic carbocycles. The van der Waals surface area contributed by atoms with Crippen LogP contribution < -0.4 is 15.3 Å². The van der Waals surface area contributed by atoms with Gasteiger partial charge in [-0.15, -0.1) is 0 Å². The van der Waals surface area contributed by atoms with Crippen molar-refractivity contribution in [3.8, 4) is 0 Å². The Bertz CT molecular complexity index is 892. The molecule has 0 amide bonds. The van der Waals surface area contributed by atoms with Crippen LogP contribution in [-0.2, 0) is 0 Å². The van der Waals surface area contributed by atoms with Crippen LogP contribution in [0.2, 0.25) is 13.1 Å². The van der Waals surface area contributed by atoms with Crippen LogP contribution in [0, 0.1) is 20.8 Å². The van der Waals surface area contributed by atoms with Crippen LogP contribution in [0.4, 0.5) is 11.4 Å². The number of hydrogen-bond acceptors (Lipinski definition) is 1. The molecule has 0 fully saturated rings. The summed E-state index contributed by atoms with van der Waals surface area (Å²) in [6.07, 6.45) is 0. The third-order valence-corrected chi connectivity index (χ3v) is 9.18. The Morgan fingerprint density at radius 2 is 1.12 bits per heavy atom. The summed E-state index contributed by atoms with van der Waals surface area (Å²) >= 11 is 0. The Balaban J connectivity index is 1.87. The first-order chi connectivity index (χ1) is 12.3. The molecule has 26 heavy (non-hydrogen) atoms. The summed E-state index contributed by atoms with van der Waals surface area (Å²) in [5.41, 5.74) is 6.45. The molecule has 0 heterocycles. The highest BCUT2D eigenvalue weighted by atomic mass is 28.3. The molecule has 3 aromatic rings. The summed E-state index contributed by atoms with van der Waals surface area (Å²) in [6.45, 7) is 11.3. The molecule has 134 valence electrons. The molecule has 0 spiro atoms. The fraction of sp³-hybridized carbons (Fsp3) is 0.250. The van der Waals surface area contributed by atoms with Crippen LogP contribution in [0.5, 0.6) is 0 Å². The Morgan fingerprint density at radius 3 is 1.65 bits per heavy atom. The van der Waals surface area contributed by atoms with E-state index in [0.717, 1.165) is 0 Å². The highest BCUT2D eigenvalue weighted by Crippen LogP contribution is 2.25. The molecule has 0 saturated carbocycles. The van der Waals surface area contributed by atoms with E-state index in [-0.39, 0.29) is 0 Å². The van der Waals surface area contributed by atoms with Gasteiger partial charge in [0, 0.05) is 18.4 Å². The molecule has 3 rings (SSSR count). The third-order valence-electron chi connectivity index (χ3n) is 5.63. The second-order valence-electron chi connectivity index (χ2n) is 7.87. The van der Waals surface area contributed by atoms with E-state index >= 15 is 0 Å². The van der Waals surface area contributed by atoms with Gasteiger partial charge in [-0.25, -0.2) is 0 Å². The lowest BCUT2D eigenvalue weighted by Crippen LogP contribution is -2.52. The zero-order valence-corrected chi connectivity index (χ0v) is 17.8. The largest absolute Gasteiger partial charge is 0.345 e. The van der Waals surface area contributed by atoms with Crippen molar-refractivity contribution in [3.05, 3.63) is 83.4 Å². The predicted octanol–water partition coefficient (Wildman–Crippen LogP) is 5.20. The maximum Gasteiger partial charge on any atom is 0.112 e. The maximum atomic E-state index is 2.43. The molecule has 0 unspecified atom stereocenters. The van der Waals surface area contributed by atoms with Crippen LogP contribution in [0.25, 0.3) is 0 Å². The molecular formula is C24H29NSi. The molecule has 0 atom stereocenters. The van der Waals surface area contributed by atoms with Crippen LogP contribution in [0.1, 0.15) is 16.7 Å². The fourth-order valence-electron chi connectivity index (χ4n) is 3.32. The number of nitrogens with zero attached hydrogens (tertiary/aromatic N) is 1. The van der Waals surface area contributed by atoms with Gasteiger partial charge in [-0.2, -0.15) is 0 Å². The van der Waals surface area contributed by atoms with Gasteiger partial charge in [0.15, 0.2) is 0 Å². The van der Waals surface area contributed by atoms with Gasteiger partial charge in [0.2, 0.25) is 0 Å². The Hall–Kier alpha value is -2.32. The highest BCUT2D eigenvalue weighted by Gasteiger charge is 2.25. The first-order valence-corrected chi connectivity index (χ1v) is 12.3. The number of benzene rings is 3. The second kappa shape index (κ2) is 7.12. The van der Waals surface area contributed by atoms with E-state index in [1.807, 2.05) is 0 Å². The summed E-state index contributed by atoms with van der Waals surface area (Å²) in [4.78, 5) is 2.26. The second-order valence-corrected chi connectivity index (χ2v) is 12.3. The first kappa shape index (κ1) is 18.5. The normalized spacial score (nSPS) is 11.5. The average molecular weight is 360 g/mol. The monoisotopic (exact) mass is 359 g/mol. The molecule has 0 N–H and O–H groups in total. The van der Waals surface area contributed by atoms with Crippen LogP contribution in [0.3, 0.4) is 0 Å². The van der Waals surface area contributed by atoms with Gasteiger partial charge in [0.05, 0.1) is 0 Å². The third kappa shape index (κ3) is 3.61. The van der Waals surface area contributed by atoms with Crippen LogP contribution in [0.15, 0.2) is 66.7 Å². The van der Waals surface area contributed by atoms with E-state index in [1.165, 1.54) is 38.4 Å². The van der Waals surface area contributed by atoms with E-state index in [1.54, 1.807) is 0 Å². The van der Waals surface area contributed by atoms with E-state index in [9.17, 15) is 0 Å². The number of aryl methyl sites for hydroxylation is 3. The molecule has 2 heteroatoms. The summed E-state index contributed by atoms with van der Waals surface area (Å²) in [5.74, 6) is 0. The molecular weight excluding hydrogens is 330 g/mol. The lowest BCUT2D eigenvalue weighted by molar-refractivity contribution is 1.19. The summed E-state index contributed by atoms with van der Waals surface area (Å²) in [5, 5.41) is 2.96. The zero-order valence-electron chi connectivity index (χ0n) is 16.8. The van der Waals surface area contributed by atoms with E-state index in [0.29, 0.717) is 0 Å². The van der Waals surface area contributed by atoms with Crippen molar-refractivity contribution in [1.82, 2.24) is 0 Å². The first-order valence-electron chi connectivity index (χ1n) is 9.28. The molecule has 0 saturated heterocycles. The van der Waals surface area contributed by atoms with Crippen molar-refractivity contribution in [1.29, 1.82) is 0 Å². The van der Waals surface area contributed by atoms with E-state index in [4.69, 9.17) is 0 Å². The standard InChI is InChI=1S/C24H29NSi/c1-18-7-13-23(14-8-18)26(5,6)24-15-11-21(12-16-24)25(4)22-10-9-19(2)20(3)17-22/h7-17H,1-6H3. The van der Waals surface area contributed by atoms with Gasteiger partial charge in [0.1, 0.15) is 8.07 Å². The fourth-order valence-corrected chi connectivity index (χ4v) is 5.66. The number of anilines is 2. The van der Waals surface area contributed by atoms with Crippen molar-refractivity contribution in [3.63, 3.8) is 0 Å². The lowest BCUT2D eigenvalue weighted by Gasteiger charge is -2.26. The minimum atomic E-state index is -1.65. The summed E-state index contributed by atoms with van der Waals surface area (Å²) in [6, 6.07) is 24.9. The van der Waals surface area contributed by atoms with E-state index < -0.39 is 8.07 Å². The molecule has 0 aliphatic heterocycles. The van der Waals surface area contributed by atoms with Crippen LogP contribution in [-0.4, -0.2) is 15.1 Å². The molecule has 0 radical (unpaired) electrons. The van der Waals surface area contributed by atoms with E-state index in [2.05, 4.69) is 113 Å². The topological polar surface area (TPSA) is 3.24 Å². The van der Waals surface area contributed by atoms with Crippen molar-refractivity contribution in [2.24, 2.45) is 0 Å². The SMILES string of the molecule is Cc1ccc([Si](C)(C)c2ccc(N(C)c3ccc(C)c(C)c3)cc2)cc1. The smallest absolute Gasteiger partial charge is 0.112 e. The Kier molecular flexibility index (Phi) is 5.06. The summed E-state index contributed by atoms with van der Waals surface area (Å²) in [7, 11) is 0.490. The minimum Gasteiger partial charge on any atom is -0.345 e. The zero-order chi connectivity index (χ0) is 18.9. The van der Waals surface area contributed by atoms with Gasteiger partial charge in [-0.05, 0) is 56.2 Å². The molecule has 0 aromatic heterocycles. The summed E-state index contributed by atoms with van der Waals surface area (Å²) < 4.78 is 0. The van der Waals surface area contributed by atoms with Gasteiger partial charge in [-0.3, -0.25) is 0 Å². The predicted molar refractivity (Wildman–Crippen MR) is 118 cm³/mol. The van der Waals surface area contributed by atoms with Crippen molar-refractivity contribution in [2.75, 3.05) is 11.9 Å². The minimum absolute atomic E-state index is 1.23. The van der Waals surface area contributed by atoms with Gasteiger partial charge in [0.25, 0.3) is 0 Å². The van der Waals surface area contributed by atoms with Crippen molar-refractivity contribution < 1.29 is 0 Å². The Labute approximate surface area is 159 Å². The van der Waals surface area contributed by atoms with Crippen molar-refractivity contribution >= 4 is 29.8 Å². The Morgan fingerprint density at radius 1 is 0.615 bits per heavy atom. The van der Waals surface area contributed by atoms with Crippen LogP contribution >= 0.6 is 0 Å². The molecule has 0 bridgehead atoms. The highest BCUT2D eigenvalue weighted by molar-refractivity contribution is 7.00. The molecule has 1 nitrogen and oxygen atoms in total. The number of hydrogen-bond donors (Lipinski definition) is 0. The number of rotatable bonds is 4. The maximum absolute atomic E-state index is 2.43. The van der Waals surface area contributed by atoms with Gasteiger partial charge in [-0.1, -0.05) is 71.5 Å². The lowest BCUT2D eigenvalue weighted by atomic mass is 10.1. The van der Waals surface area contributed by atoms with Gasteiger partial charge >= 0.3 is 0 Å². The molecule has 0 aliphatic rings.